The third-order valence-electron chi connectivity index (χ3n) is 9.84. The highest BCUT2D eigenvalue weighted by atomic mass is 32.2. The van der Waals surface area contributed by atoms with Crippen molar-refractivity contribution >= 4 is 27.6 Å². The van der Waals surface area contributed by atoms with Gasteiger partial charge in [-0.3, -0.25) is 4.79 Å². The van der Waals surface area contributed by atoms with Crippen LogP contribution in [0.4, 0.5) is 40.8 Å². The SMILES string of the molecule is O=C(O)c1ccc(N(Cc2cc(C3CC3)cc(C3CC3)c2)C(=O)CN(Cc2ccccc2C(F)(F)F)S(=O)(=O)c2c(F)c(F)c(F)c(F)c2F)c(OC2CC2)c1. The number of halogens is 8. The number of carbonyl (C=O) groups is 2. The van der Waals surface area contributed by atoms with Crippen LogP contribution in [0.2, 0.25) is 0 Å². The number of benzene rings is 4. The fourth-order valence-electron chi connectivity index (χ4n) is 6.49. The quantitative estimate of drug-likeness (QED) is 0.0776. The van der Waals surface area contributed by atoms with Gasteiger partial charge in [0.2, 0.25) is 21.7 Å². The monoisotopic (exact) mass is 808 g/mol. The van der Waals surface area contributed by atoms with Gasteiger partial charge >= 0.3 is 12.1 Å². The maximum atomic E-state index is 15.1. The Balaban J connectivity index is 1.36. The van der Waals surface area contributed by atoms with Crippen LogP contribution in [0.3, 0.4) is 0 Å². The van der Waals surface area contributed by atoms with Crippen molar-refractivity contribution in [1.29, 1.82) is 0 Å². The summed E-state index contributed by atoms with van der Waals surface area (Å²) in [5.74, 6) is -15.6. The average Bonchev–Trinajstić information content (AvgIpc) is 3.99. The second-order valence-electron chi connectivity index (χ2n) is 14.2. The highest BCUT2D eigenvalue weighted by Gasteiger charge is 2.41. The van der Waals surface area contributed by atoms with Gasteiger partial charge in [0.05, 0.1) is 36.0 Å². The standard InChI is InChI=1S/C39H32F8N2O6S/c40-32-33(41)35(43)37(36(44)34(32)42)56(53,54)48(18-24-3-1-2-4-28(24)39(45,46)47)19-31(50)49(29-12-9-23(38(51)52)16-30(29)55-27-10-11-27)17-20-13-25(21-5-6-21)15-26(14-20)22-7-8-22/h1-4,9,12-16,21-22,27H,5-8,10-11,17-19H2,(H,51,52). The van der Waals surface area contributed by atoms with E-state index in [2.05, 4.69) is 6.07 Å². The van der Waals surface area contributed by atoms with Crippen LogP contribution in [0.5, 0.6) is 5.75 Å². The fraction of sp³-hybridized carbons (Fsp3) is 0.333. The molecule has 0 spiro atoms. The number of sulfonamides is 1. The number of nitrogens with zero attached hydrogens (tertiary/aromatic N) is 2. The van der Waals surface area contributed by atoms with Crippen molar-refractivity contribution in [3.63, 3.8) is 0 Å². The first-order chi connectivity index (χ1) is 26.4. The van der Waals surface area contributed by atoms with Gasteiger partial charge in [-0.15, -0.1) is 0 Å². The molecule has 3 fully saturated rings. The van der Waals surface area contributed by atoms with Crippen molar-refractivity contribution in [2.24, 2.45) is 0 Å². The summed E-state index contributed by atoms with van der Waals surface area (Å²) in [5.41, 5.74) is 0.0422. The molecule has 0 saturated heterocycles. The first-order valence-corrected chi connectivity index (χ1v) is 19.0. The lowest BCUT2D eigenvalue weighted by Gasteiger charge is -2.30. The second kappa shape index (κ2) is 14.8. The summed E-state index contributed by atoms with van der Waals surface area (Å²) in [4.78, 5) is 25.2. The number of carbonyl (C=O) groups excluding carboxylic acids is 1. The number of carboxylic acid groups (broad SMARTS) is 1. The van der Waals surface area contributed by atoms with Gasteiger partial charge in [-0.2, -0.15) is 17.5 Å². The molecule has 0 bridgehead atoms. The molecule has 4 aromatic carbocycles. The first kappa shape index (κ1) is 39.2. The van der Waals surface area contributed by atoms with E-state index in [1.54, 1.807) is 0 Å². The van der Waals surface area contributed by atoms with Crippen molar-refractivity contribution in [3.8, 4) is 5.75 Å². The fourth-order valence-corrected chi connectivity index (χ4v) is 7.97. The molecule has 0 radical (unpaired) electrons. The average molecular weight is 809 g/mol. The molecular formula is C39H32F8N2O6S. The third-order valence-corrected chi connectivity index (χ3v) is 11.7. The molecule has 56 heavy (non-hydrogen) atoms. The number of hydrogen-bond acceptors (Lipinski definition) is 5. The summed E-state index contributed by atoms with van der Waals surface area (Å²) in [6, 6.07) is 12.8. The molecule has 296 valence electrons. The van der Waals surface area contributed by atoms with E-state index in [0.29, 0.717) is 24.5 Å². The molecular weight excluding hydrogens is 776 g/mol. The van der Waals surface area contributed by atoms with Crippen LogP contribution in [-0.2, 0) is 34.1 Å². The third kappa shape index (κ3) is 8.10. The van der Waals surface area contributed by atoms with Gasteiger partial charge < -0.3 is 14.7 Å². The van der Waals surface area contributed by atoms with Crippen LogP contribution < -0.4 is 9.64 Å². The summed E-state index contributed by atoms with van der Waals surface area (Å²) < 4.78 is 150. The Labute approximate surface area is 315 Å². The lowest BCUT2D eigenvalue weighted by atomic mass is 9.99. The number of alkyl halides is 3. The molecule has 17 heteroatoms. The maximum absolute atomic E-state index is 15.1. The molecule has 0 heterocycles. The summed E-state index contributed by atoms with van der Waals surface area (Å²) in [6.45, 7) is -3.19. The Hall–Kier alpha value is -5.03. The van der Waals surface area contributed by atoms with Gasteiger partial charge in [0.1, 0.15) is 5.75 Å². The van der Waals surface area contributed by atoms with E-state index in [9.17, 15) is 49.5 Å². The molecule has 4 aromatic rings. The molecule has 8 nitrogen and oxygen atoms in total. The van der Waals surface area contributed by atoms with Gasteiger partial charge in [-0.25, -0.2) is 35.2 Å². The molecule has 3 aliphatic carbocycles. The molecule has 1 amide bonds. The highest BCUT2D eigenvalue weighted by Crippen LogP contribution is 2.46. The number of carboxylic acids is 1. The summed E-state index contributed by atoms with van der Waals surface area (Å²) >= 11 is 0. The van der Waals surface area contributed by atoms with Crippen molar-refractivity contribution in [3.05, 3.63) is 123 Å². The van der Waals surface area contributed by atoms with Crippen molar-refractivity contribution in [2.45, 2.75) is 80.6 Å². The maximum Gasteiger partial charge on any atom is 0.416 e. The Bertz CT molecular complexity index is 2280. The number of anilines is 1. The van der Waals surface area contributed by atoms with E-state index in [-0.39, 0.29) is 45.8 Å². The smallest absolute Gasteiger partial charge is 0.416 e. The van der Waals surface area contributed by atoms with Crippen LogP contribution in [0.15, 0.2) is 65.6 Å². The van der Waals surface area contributed by atoms with Crippen molar-refractivity contribution < 1.29 is 63.0 Å². The molecule has 0 aliphatic heterocycles. The van der Waals surface area contributed by atoms with Crippen molar-refractivity contribution in [2.75, 3.05) is 11.4 Å². The van der Waals surface area contributed by atoms with Gasteiger partial charge in [0.25, 0.3) is 0 Å². The predicted molar refractivity (Wildman–Crippen MR) is 184 cm³/mol. The van der Waals surface area contributed by atoms with Gasteiger partial charge in [0.15, 0.2) is 28.2 Å². The number of amides is 1. The van der Waals surface area contributed by atoms with Crippen LogP contribution in [0, 0.1) is 29.1 Å². The molecule has 0 atom stereocenters. The van der Waals surface area contributed by atoms with Crippen LogP contribution in [0.25, 0.3) is 0 Å². The zero-order valence-electron chi connectivity index (χ0n) is 29.2. The summed E-state index contributed by atoms with van der Waals surface area (Å²) in [7, 11) is -6.01. The van der Waals surface area contributed by atoms with E-state index in [0.717, 1.165) is 72.0 Å². The number of ether oxygens (including phenoxy) is 1. The molecule has 7 rings (SSSR count). The zero-order valence-corrected chi connectivity index (χ0v) is 30.0. The van der Waals surface area contributed by atoms with E-state index in [1.807, 2.05) is 12.1 Å². The minimum Gasteiger partial charge on any atom is -0.488 e. The largest absolute Gasteiger partial charge is 0.488 e. The molecule has 3 aliphatic rings. The molecule has 0 aromatic heterocycles. The van der Waals surface area contributed by atoms with Crippen molar-refractivity contribution in [1.82, 2.24) is 4.31 Å². The highest BCUT2D eigenvalue weighted by molar-refractivity contribution is 7.89. The first-order valence-electron chi connectivity index (χ1n) is 17.6. The normalized spacial score (nSPS) is 15.9. The molecule has 1 N–H and O–H groups in total. The number of aromatic carboxylic acids is 1. The van der Waals surface area contributed by atoms with Gasteiger partial charge in [0, 0.05) is 6.54 Å². The Morgan fingerprint density at radius 2 is 1.32 bits per heavy atom. The Morgan fingerprint density at radius 1 is 0.750 bits per heavy atom. The lowest BCUT2D eigenvalue weighted by Crippen LogP contribution is -2.43. The minimum absolute atomic E-state index is 0.0685. The Morgan fingerprint density at radius 3 is 1.86 bits per heavy atom. The van der Waals surface area contributed by atoms with Gasteiger partial charge in [-0.1, -0.05) is 36.4 Å². The second-order valence-corrected chi connectivity index (χ2v) is 16.0. The Kier molecular flexibility index (Phi) is 10.4. The zero-order chi connectivity index (χ0) is 40.3. The van der Waals surface area contributed by atoms with E-state index in [1.165, 1.54) is 6.07 Å². The number of rotatable bonds is 14. The summed E-state index contributed by atoms with van der Waals surface area (Å²) in [5, 5.41) is 9.72. The number of hydrogen-bond donors (Lipinski definition) is 1. The van der Waals surface area contributed by atoms with Crippen LogP contribution in [0.1, 0.15) is 88.5 Å². The minimum atomic E-state index is -6.01. The molecule has 3 saturated carbocycles. The van der Waals surface area contributed by atoms with Crippen LogP contribution >= 0.6 is 0 Å². The van der Waals surface area contributed by atoms with Crippen LogP contribution in [-0.4, -0.2) is 42.4 Å². The topological polar surface area (TPSA) is 104 Å². The van der Waals surface area contributed by atoms with E-state index in [4.69, 9.17) is 4.74 Å². The van der Waals surface area contributed by atoms with Gasteiger partial charge in [-0.05, 0) is 96.9 Å². The predicted octanol–water partition coefficient (Wildman–Crippen LogP) is 8.82. The summed E-state index contributed by atoms with van der Waals surface area (Å²) in [6.07, 6.45) is -0.575. The van der Waals surface area contributed by atoms with E-state index < -0.39 is 86.3 Å². The molecule has 0 unspecified atom stereocenters. The lowest BCUT2D eigenvalue weighted by molar-refractivity contribution is -0.138. The van der Waals surface area contributed by atoms with E-state index >= 15 is 8.78 Å².